The van der Waals surface area contributed by atoms with E-state index in [0.29, 0.717) is 5.75 Å². The molecule has 0 radical (unpaired) electrons. The molecule has 28 heavy (non-hydrogen) atoms. The fraction of sp³-hybridized carbons (Fsp3) is 0.158. The number of hydrogen-bond donors (Lipinski definition) is 3. The Hall–Kier alpha value is -3.88. The van der Waals surface area contributed by atoms with Crippen LogP contribution in [0.4, 0.5) is 17.6 Å². The third-order valence-electron chi connectivity index (χ3n) is 3.76. The second kappa shape index (κ2) is 8.21. The fourth-order valence-electron chi connectivity index (χ4n) is 2.34. The molecule has 0 saturated heterocycles. The lowest BCUT2D eigenvalue weighted by Crippen LogP contribution is -2.11. The molecule has 0 spiro atoms. The lowest BCUT2D eigenvalue weighted by atomic mass is 10.2. The zero-order valence-corrected chi connectivity index (χ0v) is 15.3. The fourth-order valence-corrected chi connectivity index (χ4v) is 2.34. The average Bonchev–Trinajstić information content (AvgIpc) is 2.67. The molecule has 0 bridgehead atoms. The predicted octanol–water partition coefficient (Wildman–Crippen LogP) is 2.58. The van der Waals surface area contributed by atoms with Crippen LogP contribution in [-0.2, 0) is 11.3 Å². The molecule has 0 aliphatic rings. The Labute approximate surface area is 161 Å². The number of methoxy groups -OCH3 is 1. The summed E-state index contributed by atoms with van der Waals surface area (Å²) in [5.74, 6) is -0.166. The molecule has 144 valence electrons. The average molecular weight is 381 g/mol. The predicted molar refractivity (Wildman–Crippen MR) is 102 cm³/mol. The maximum Gasteiger partial charge on any atom is 0.342 e. The van der Waals surface area contributed by atoms with Crippen LogP contribution in [0.25, 0.3) is 0 Å². The van der Waals surface area contributed by atoms with E-state index in [1.807, 2.05) is 31.2 Å². The van der Waals surface area contributed by atoms with Crippen molar-refractivity contribution in [2.75, 3.05) is 18.2 Å². The summed E-state index contributed by atoms with van der Waals surface area (Å²) in [6, 6.07) is 11.9. The van der Waals surface area contributed by atoms with Crippen LogP contribution in [0.1, 0.15) is 21.7 Å². The molecule has 0 amide bonds. The number of nitrogens with zero attached hydrogens (tertiary/aromatic N) is 3. The summed E-state index contributed by atoms with van der Waals surface area (Å²) >= 11 is 0. The van der Waals surface area contributed by atoms with E-state index >= 15 is 0 Å². The highest BCUT2D eigenvalue weighted by atomic mass is 16.5. The number of nitrogens with two attached hydrogens (primary N) is 1. The lowest BCUT2D eigenvalue weighted by molar-refractivity contribution is 0.0459. The smallest absolute Gasteiger partial charge is 0.342 e. The Morgan fingerprint density at radius 1 is 1.14 bits per heavy atom. The second-order valence-corrected chi connectivity index (χ2v) is 5.88. The van der Waals surface area contributed by atoms with Crippen molar-refractivity contribution in [3.63, 3.8) is 0 Å². The first-order chi connectivity index (χ1) is 13.4. The van der Waals surface area contributed by atoms with Gasteiger partial charge < -0.3 is 25.6 Å². The maximum absolute atomic E-state index is 12.2. The molecule has 0 aliphatic heterocycles. The van der Waals surface area contributed by atoms with Crippen molar-refractivity contribution >= 4 is 23.6 Å². The number of nitrogen functional groups attached to an aromatic ring is 1. The number of ether oxygens (including phenoxy) is 2. The minimum Gasteiger partial charge on any atom is -0.507 e. The summed E-state index contributed by atoms with van der Waals surface area (Å²) < 4.78 is 10.1. The summed E-state index contributed by atoms with van der Waals surface area (Å²) in [4.78, 5) is 24.4. The van der Waals surface area contributed by atoms with Gasteiger partial charge in [0.25, 0.3) is 0 Å². The van der Waals surface area contributed by atoms with Gasteiger partial charge in [0.1, 0.15) is 17.1 Å². The molecule has 0 fully saturated rings. The van der Waals surface area contributed by atoms with Crippen LogP contribution in [0.15, 0.2) is 42.5 Å². The largest absolute Gasteiger partial charge is 0.507 e. The number of aromatic hydroxyl groups is 1. The molecule has 0 aliphatic carbocycles. The number of aryl methyl sites for hydroxylation is 1. The van der Waals surface area contributed by atoms with Crippen molar-refractivity contribution in [3.8, 4) is 11.5 Å². The van der Waals surface area contributed by atoms with Crippen molar-refractivity contribution in [3.05, 3.63) is 59.4 Å². The van der Waals surface area contributed by atoms with Crippen LogP contribution in [0, 0.1) is 6.92 Å². The van der Waals surface area contributed by atoms with E-state index in [1.54, 1.807) is 6.07 Å². The van der Waals surface area contributed by atoms with E-state index in [-0.39, 0.29) is 35.6 Å². The number of phenolic OH excluding ortho intramolecular Hbond substituents is 1. The van der Waals surface area contributed by atoms with Crippen LogP contribution in [-0.4, -0.2) is 33.1 Å². The summed E-state index contributed by atoms with van der Waals surface area (Å²) in [7, 11) is 1.46. The molecule has 2 aromatic carbocycles. The second-order valence-electron chi connectivity index (χ2n) is 5.88. The lowest BCUT2D eigenvalue weighted by Gasteiger charge is -2.09. The highest BCUT2D eigenvalue weighted by Crippen LogP contribution is 2.24. The zero-order chi connectivity index (χ0) is 20.1. The SMILES string of the molecule is COc1ccc(C(=O)OCc2nc(N)nc(Nc3ccc(C)cc3)n2)c(O)c1. The number of nitrogens with one attached hydrogen (secondary N) is 1. The van der Waals surface area contributed by atoms with Gasteiger partial charge in [0.2, 0.25) is 11.9 Å². The number of esters is 1. The Morgan fingerprint density at radius 3 is 2.57 bits per heavy atom. The van der Waals surface area contributed by atoms with E-state index in [4.69, 9.17) is 15.2 Å². The molecular formula is C19H19N5O4. The van der Waals surface area contributed by atoms with E-state index in [9.17, 15) is 9.90 Å². The van der Waals surface area contributed by atoms with Gasteiger partial charge in [-0.3, -0.25) is 0 Å². The van der Waals surface area contributed by atoms with Crippen molar-refractivity contribution in [2.24, 2.45) is 0 Å². The van der Waals surface area contributed by atoms with Crippen molar-refractivity contribution in [1.82, 2.24) is 15.0 Å². The third-order valence-corrected chi connectivity index (χ3v) is 3.76. The van der Waals surface area contributed by atoms with E-state index in [1.165, 1.54) is 19.2 Å². The van der Waals surface area contributed by atoms with Gasteiger partial charge in [-0.1, -0.05) is 17.7 Å². The molecule has 4 N–H and O–H groups in total. The van der Waals surface area contributed by atoms with Crippen LogP contribution >= 0.6 is 0 Å². The molecule has 3 aromatic rings. The Balaban J connectivity index is 1.69. The first kappa shape index (κ1) is 18.9. The quantitative estimate of drug-likeness (QED) is 0.551. The molecule has 0 saturated carbocycles. The minimum absolute atomic E-state index is 0.000770. The molecule has 9 nitrogen and oxygen atoms in total. The van der Waals surface area contributed by atoms with Crippen LogP contribution in [0.5, 0.6) is 11.5 Å². The summed E-state index contributed by atoms with van der Waals surface area (Å²) in [6.07, 6.45) is 0. The van der Waals surface area contributed by atoms with Gasteiger partial charge in [0, 0.05) is 11.8 Å². The molecule has 1 heterocycles. The highest BCUT2D eigenvalue weighted by molar-refractivity contribution is 5.92. The topological polar surface area (TPSA) is 132 Å². The number of aromatic nitrogens is 3. The van der Waals surface area contributed by atoms with Gasteiger partial charge in [-0.05, 0) is 31.2 Å². The number of carbonyl (C=O) groups is 1. The third kappa shape index (κ3) is 4.64. The van der Waals surface area contributed by atoms with E-state index in [0.717, 1.165) is 11.3 Å². The summed E-state index contributed by atoms with van der Waals surface area (Å²) in [5, 5.41) is 12.9. The molecule has 3 rings (SSSR count). The zero-order valence-electron chi connectivity index (χ0n) is 15.3. The van der Waals surface area contributed by atoms with Gasteiger partial charge >= 0.3 is 5.97 Å². The Bertz CT molecular complexity index is 992. The molecule has 0 unspecified atom stereocenters. The molecule has 1 aromatic heterocycles. The van der Waals surface area contributed by atoms with E-state index in [2.05, 4.69) is 20.3 Å². The Morgan fingerprint density at radius 2 is 1.89 bits per heavy atom. The number of anilines is 3. The van der Waals surface area contributed by atoms with Gasteiger partial charge in [-0.15, -0.1) is 0 Å². The van der Waals surface area contributed by atoms with Crippen LogP contribution in [0.3, 0.4) is 0 Å². The van der Waals surface area contributed by atoms with Gasteiger partial charge in [0.05, 0.1) is 7.11 Å². The number of hydrogen-bond acceptors (Lipinski definition) is 9. The molecule has 9 heteroatoms. The minimum atomic E-state index is -0.729. The highest BCUT2D eigenvalue weighted by Gasteiger charge is 2.15. The number of carbonyl (C=O) groups excluding carboxylic acids is 1. The number of rotatable bonds is 6. The van der Waals surface area contributed by atoms with Crippen molar-refractivity contribution < 1.29 is 19.4 Å². The van der Waals surface area contributed by atoms with Crippen molar-refractivity contribution in [1.29, 1.82) is 0 Å². The molecule has 0 atom stereocenters. The van der Waals surface area contributed by atoms with Crippen molar-refractivity contribution in [2.45, 2.75) is 13.5 Å². The van der Waals surface area contributed by atoms with E-state index < -0.39 is 5.97 Å². The monoisotopic (exact) mass is 381 g/mol. The van der Waals surface area contributed by atoms with Crippen LogP contribution < -0.4 is 15.8 Å². The first-order valence-corrected chi connectivity index (χ1v) is 8.33. The normalized spacial score (nSPS) is 10.4. The van der Waals surface area contributed by atoms with Crippen LogP contribution in [0.2, 0.25) is 0 Å². The first-order valence-electron chi connectivity index (χ1n) is 8.33. The van der Waals surface area contributed by atoms with Gasteiger partial charge in [0.15, 0.2) is 12.4 Å². The Kier molecular flexibility index (Phi) is 5.54. The number of phenols is 1. The summed E-state index contributed by atoms with van der Waals surface area (Å²) in [6.45, 7) is 1.75. The maximum atomic E-state index is 12.2. The summed E-state index contributed by atoms with van der Waals surface area (Å²) in [5.41, 5.74) is 7.62. The standard InChI is InChI=1S/C19H19N5O4/c1-11-3-5-12(6-4-11)21-19-23-16(22-18(20)24-19)10-28-17(26)14-8-7-13(27-2)9-15(14)25/h3-9,25H,10H2,1-2H3,(H3,20,21,22,23,24). The van der Waals surface area contributed by atoms with Gasteiger partial charge in [-0.25, -0.2) is 4.79 Å². The van der Waals surface area contributed by atoms with Gasteiger partial charge in [-0.2, -0.15) is 15.0 Å². The number of benzene rings is 2. The molecular weight excluding hydrogens is 362 g/mol.